The van der Waals surface area contributed by atoms with Crippen molar-refractivity contribution < 1.29 is 0 Å². The van der Waals surface area contributed by atoms with E-state index in [1.165, 1.54) is 64.8 Å². The molecule has 3 nitrogen and oxygen atoms in total. The van der Waals surface area contributed by atoms with E-state index in [9.17, 15) is 0 Å². The van der Waals surface area contributed by atoms with Crippen molar-refractivity contribution in [1.82, 2.24) is 14.7 Å². The maximum Gasteiger partial charge on any atom is 0.0119 e. The fourth-order valence-electron chi connectivity index (χ4n) is 3.57. The standard InChI is InChI=1S/C15H31N3/c1-4-9-18-12-7-15(8-13-18)17(3)14-5-10-16(2)11-6-14/h14-15H,4-13H2,1-3H3. The second kappa shape index (κ2) is 6.88. The van der Waals surface area contributed by atoms with Gasteiger partial charge in [0.2, 0.25) is 0 Å². The van der Waals surface area contributed by atoms with Crippen molar-refractivity contribution in [3.05, 3.63) is 0 Å². The molecule has 0 bridgehead atoms. The van der Waals surface area contributed by atoms with E-state index in [-0.39, 0.29) is 0 Å². The largest absolute Gasteiger partial charge is 0.306 e. The van der Waals surface area contributed by atoms with E-state index in [0.717, 1.165) is 12.1 Å². The highest BCUT2D eigenvalue weighted by Gasteiger charge is 2.28. The molecule has 0 aromatic rings. The van der Waals surface area contributed by atoms with Crippen molar-refractivity contribution >= 4 is 0 Å². The third-order valence-corrected chi connectivity index (χ3v) is 4.94. The van der Waals surface area contributed by atoms with Gasteiger partial charge in [-0.05, 0) is 78.9 Å². The lowest BCUT2D eigenvalue weighted by molar-refractivity contribution is 0.0663. The summed E-state index contributed by atoms with van der Waals surface area (Å²) in [6, 6.07) is 1.68. The summed E-state index contributed by atoms with van der Waals surface area (Å²) in [5.74, 6) is 0. The molecule has 0 unspecified atom stereocenters. The van der Waals surface area contributed by atoms with Crippen LogP contribution in [0.1, 0.15) is 39.0 Å². The quantitative estimate of drug-likeness (QED) is 0.757. The average Bonchev–Trinajstić information content (AvgIpc) is 2.40. The smallest absolute Gasteiger partial charge is 0.0119 e. The van der Waals surface area contributed by atoms with E-state index in [4.69, 9.17) is 0 Å². The minimum atomic E-state index is 0.837. The highest BCUT2D eigenvalue weighted by atomic mass is 15.2. The monoisotopic (exact) mass is 253 g/mol. The van der Waals surface area contributed by atoms with Crippen LogP contribution in [0.5, 0.6) is 0 Å². The number of rotatable bonds is 4. The van der Waals surface area contributed by atoms with Gasteiger partial charge in [-0.3, -0.25) is 0 Å². The zero-order valence-corrected chi connectivity index (χ0v) is 12.6. The predicted octanol–water partition coefficient (Wildman–Crippen LogP) is 1.89. The first kappa shape index (κ1) is 14.3. The highest BCUT2D eigenvalue weighted by molar-refractivity contribution is 4.84. The number of piperidine rings is 2. The Labute approximate surface area is 113 Å². The summed E-state index contributed by atoms with van der Waals surface area (Å²) in [6.45, 7) is 8.78. The SMILES string of the molecule is CCCN1CCC(N(C)C2CCN(C)CC2)CC1. The molecule has 0 aromatic carbocycles. The van der Waals surface area contributed by atoms with Crippen molar-refractivity contribution in [3.63, 3.8) is 0 Å². The molecule has 2 aliphatic heterocycles. The van der Waals surface area contributed by atoms with Gasteiger partial charge in [0.1, 0.15) is 0 Å². The van der Waals surface area contributed by atoms with E-state index in [0.29, 0.717) is 0 Å². The number of likely N-dealkylation sites (tertiary alicyclic amines) is 2. The van der Waals surface area contributed by atoms with E-state index < -0.39 is 0 Å². The Morgan fingerprint density at radius 1 is 0.944 bits per heavy atom. The molecule has 0 radical (unpaired) electrons. The molecule has 0 atom stereocenters. The Balaban J connectivity index is 1.75. The summed E-state index contributed by atoms with van der Waals surface area (Å²) in [5, 5.41) is 0. The molecule has 0 saturated carbocycles. The Kier molecular flexibility index (Phi) is 5.46. The van der Waals surface area contributed by atoms with E-state index in [1.807, 2.05) is 0 Å². The number of hydrogen-bond acceptors (Lipinski definition) is 3. The zero-order chi connectivity index (χ0) is 13.0. The molecule has 2 aliphatic rings. The van der Waals surface area contributed by atoms with Gasteiger partial charge in [-0.25, -0.2) is 0 Å². The normalized spacial score (nSPS) is 26.0. The summed E-state index contributed by atoms with van der Waals surface area (Å²) in [7, 11) is 4.62. The maximum atomic E-state index is 2.70. The Morgan fingerprint density at radius 2 is 1.44 bits per heavy atom. The van der Waals surface area contributed by atoms with Crippen LogP contribution in [0.25, 0.3) is 0 Å². The first-order valence-electron chi connectivity index (χ1n) is 7.83. The van der Waals surface area contributed by atoms with Gasteiger partial charge in [-0.1, -0.05) is 6.92 Å². The molecule has 2 fully saturated rings. The van der Waals surface area contributed by atoms with Gasteiger partial charge in [0.05, 0.1) is 0 Å². The minimum absolute atomic E-state index is 0.837. The number of hydrogen-bond donors (Lipinski definition) is 0. The van der Waals surface area contributed by atoms with E-state index >= 15 is 0 Å². The maximum absolute atomic E-state index is 2.70. The molecule has 2 rings (SSSR count). The van der Waals surface area contributed by atoms with Crippen LogP contribution in [0, 0.1) is 0 Å². The molecule has 0 N–H and O–H groups in total. The van der Waals surface area contributed by atoms with Crippen molar-refractivity contribution in [2.45, 2.75) is 51.1 Å². The molecule has 106 valence electrons. The van der Waals surface area contributed by atoms with Crippen molar-refractivity contribution in [3.8, 4) is 0 Å². The summed E-state index contributed by atoms with van der Waals surface area (Å²) in [5.41, 5.74) is 0. The summed E-state index contributed by atoms with van der Waals surface area (Å²) in [6.07, 6.45) is 6.78. The van der Waals surface area contributed by atoms with Gasteiger partial charge in [0, 0.05) is 12.1 Å². The molecule has 2 heterocycles. The van der Waals surface area contributed by atoms with Crippen LogP contribution in [0.4, 0.5) is 0 Å². The lowest BCUT2D eigenvalue weighted by atomic mass is 9.97. The Hall–Kier alpha value is -0.120. The van der Waals surface area contributed by atoms with Crippen LogP contribution in [0.2, 0.25) is 0 Å². The summed E-state index contributed by atoms with van der Waals surface area (Å²) < 4.78 is 0. The molecule has 0 aromatic heterocycles. The molecule has 18 heavy (non-hydrogen) atoms. The average molecular weight is 253 g/mol. The lowest BCUT2D eigenvalue weighted by Crippen LogP contribution is -2.50. The Morgan fingerprint density at radius 3 is 1.94 bits per heavy atom. The minimum Gasteiger partial charge on any atom is -0.306 e. The van der Waals surface area contributed by atoms with E-state index in [2.05, 4.69) is 35.7 Å². The topological polar surface area (TPSA) is 9.72 Å². The fourth-order valence-corrected chi connectivity index (χ4v) is 3.57. The zero-order valence-electron chi connectivity index (χ0n) is 12.6. The second-order valence-corrected chi connectivity index (χ2v) is 6.27. The molecule has 0 spiro atoms. The van der Waals surface area contributed by atoms with Crippen molar-refractivity contribution in [2.24, 2.45) is 0 Å². The molecule has 0 aliphatic carbocycles. The van der Waals surface area contributed by atoms with Gasteiger partial charge in [-0.2, -0.15) is 0 Å². The van der Waals surface area contributed by atoms with E-state index in [1.54, 1.807) is 0 Å². The van der Waals surface area contributed by atoms with Crippen LogP contribution in [-0.2, 0) is 0 Å². The molecule has 3 heteroatoms. The summed E-state index contributed by atoms with van der Waals surface area (Å²) in [4.78, 5) is 7.81. The van der Waals surface area contributed by atoms with Gasteiger partial charge in [0.25, 0.3) is 0 Å². The third-order valence-electron chi connectivity index (χ3n) is 4.94. The Bertz CT molecular complexity index is 228. The molecule has 0 amide bonds. The van der Waals surface area contributed by atoms with Crippen LogP contribution in [0.15, 0.2) is 0 Å². The lowest BCUT2D eigenvalue weighted by Gasteiger charge is -2.42. The number of nitrogens with zero attached hydrogens (tertiary/aromatic N) is 3. The van der Waals surface area contributed by atoms with Gasteiger partial charge in [-0.15, -0.1) is 0 Å². The first-order valence-corrected chi connectivity index (χ1v) is 7.83. The molecular formula is C15H31N3. The molecular weight excluding hydrogens is 222 g/mol. The van der Waals surface area contributed by atoms with Gasteiger partial charge < -0.3 is 14.7 Å². The highest BCUT2D eigenvalue weighted by Crippen LogP contribution is 2.22. The van der Waals surface area contributed by atoms with Gasteiger partial charge >= 0.3 is 0 Å². The molecule has 2 saturated heterocycles. The van der Waals surface area contributed by atoms with Crippen LogP contribution in [0.3, 0.4) is 0 Å². The second-order valence-electron chi connectivity index (χ2n) is 6.27. The summed E-state index contributed by atoms with van der Waals surface area (Å²) >= 11 is 0. The van der Waals surface area contributed by atoms with Crippen molar-refractivity contribution in [2.75, 3.05) is 46.8 Å². The van der Waals surface area contributed by atoms with Crippen LogP contribution < -0.4 is 0 Å². The third kappa shape index (κ3) is 3.69. The first-order chi connectivity index (χ1) is 8.70. The van der Waals surface area contributed by atoms with Crippen LogP contribution >= 0.6 is 0 Å². The van der Waals surface area contributed by atoms with Crippen molar-refractivity contribution in [1.29, 1.82) is 0 Å². The van der Waals surface area contributed by atoms with Gasteiger partial charge in [0.15, 0.2) is 0 Å². The fraction of sp³-hybridized carbons (Fsp3) is 1.00. The van der Waals surface area contributed by atoms with Crippen LogP contribution in [-0.4, -0.2) is 73.6 Å². The predicted molar refractivity (Wildman–Crippen MR) is 78.0 cm³/mol.